The van der Waals surface area contributed by atoms with Gasteiger partial charge in [-0.05, 0) is 6.07 Å². The summed E-state index contributed by atoms with van der Waals surface area (Å²) >= 11 is 21.4. The maximum absolute atomic E-state index is 5.84. The molecule has 0 saturated carbocycles. The van der Waals surface area contributed by atoms with E-state index in [1.54, 1.807) is 12.1 Å². The smallest absolute Gasteiger partial charge is 0.139 e. The van der Waals surface area contributed by atoms with Gasteiger partial charge in [0.1, 0.15) is 5.75 Å². The quantitative estimate of drug-likeness (QED) is 0.637. The van der Waals surface area contributed by atoms with Gasteiger partial charge in [0.15, 0.2) is 0 Å². The molecule has 1 nitrogen and oxygen atoms in total. The monoisotopic (exact) mass is 256 g/mol. The molecule has 0 unspecified atom stereocenters. The molecule has 5 heteroatoms. The summed E-state index contributed by atoms with van der Waals surface area (Å²) in [6, 6.07) is 3.15. The molecule has 72 valence electrons. The van der Waals surface area contributed by atoms with Gasteiger partial charge in [-0.3, -0.25) is 0 Å². The van der Waals surface area contributed by atoms with Crippen molar-refractivity contribution in [3.05, 3.63) is 27.2 Å². The molecule has 0 spiro atoms. The van der Waals surface area contributed by atoms with Crippen molar-refractivity contribution in [2.75, 3.05) is 12.4 Å². The molecule has 0 aliphatic rings. The predicted molar refractivity (Wildman–Crippen MR) is 60.8 cm³/mol. The normalized spacial score (nSPS) is 10.2. The van der Waals surface area contributed by atoms with Crippen LogP contribution in [0, 0.1) is 0 Å². The fourth-order valence-corrected chi connectivity index (χ4v) is 1.45. The molecule has 0 radical (unpaired) electrons. The second-order valence-corrected chi connectivity index (χ2v) is 3.94. The Morgan fingerprint density at radius 3 is 2.31 bits per heavy atom. The number of halogens is 3. The minimum absolute atomic E-state index is 0.421. The third kappa shape index (κ3) is 3.13. The lowest BCUT2D eigenvalue weighted by Crippen LogP contribution is -1.98. The second-order valence-electron chi connectivity index (χ2n) is 2.27. The molecule has 13 heavy (non-hydrogen) atoms. The minimum atomic E-state index is 0.421. The van der Waals surface area contributed by atoms with Crippen LogP contribution in [0.5, 0.6) is 5.75 Å². The van der Waals surface area contributed by atoms with Crippen LogP contribution in [0.4, 0.5) is 0 Å². The van der Waals surface area contributed by atoms with Gasteiger partial charge in [-0.15, -0.1) is 0 Å². The SMILES string of the molecule is SCCOc1cc(Cl)c(Cl)cc1Cl. The molecule has 0 aliphatic heterocycles. The first-order chi connectivity index (χ1) is 6.15. The van der Waals surface area contributed by atoms with Crippen LogP contribution in [0.2, 0.25) is 15.1 Å². The fraction of sp³-hybridized carbons (Fsp3) is 0.250. The van der Waals surface area contributed by atoms with Crippen LogP contribution in [0.15, 0.2) is 12.1 Å². The molecule has 0 amide bonds. The van der Waals surface area contributed by atoms with E-state index in [4.69, 9.17) is 39.5 Å². The Hall–Kier alpha value is 0.240. The Morgan fingerprint density at radius 1 is 1.08 bits per heavy atom. The summed E-state index contributed by atoms with van der Waals surface area (Å²) in [5, 5.41) is 1.31. The summed E-state index contributed by atoms with van der Waals surface area (Å²) in [6.07, 6.45) is 0. The lowest BCUT2D eigenvalue weighted by atomic mass is 10.3. The Kier molecular flexibility index (Phi) is 4.53. The van der Waals surface area contributed by atoms with E-state index in [0.29, 0.717) is 33.2 Å². The molecule has 0 aromatic heterocycles. The first kappa shape index (κ1) is 11.3. The van der Waals surface area contributed by atoms with E-state index in [1.807, 2.05) is 0 Å². The largest absolute Gasteiger partial charge is 0.491 e. The molecule has 0 bridgehead atoms. The standard InChI is InChI=1S/C8H7Cl3OS/c9-5-3-7(11)8(4-6(5)10)12-1-2-13/h3-4,13H,1-2H2. The molecule has 0 N–H and O–H groups in total. The fourth-order valence-electron chi connectivity index (χ4n) is 0.771. The maximum Gasteiger partial charge on any atom is 0.139 e. The van der Waals surface area contributed by atoms with Crippen LogP contribution in [0.1, 0.15) is 0 Å². The van der Waals surface area contributed by atoms with Crippen LogP contribution < -0.4 is 4.74 Å². The van der Waals surface area contributed by atoms with Crippen molar-refractivity contribution in [1.29, 1.82) is 0 Å². The highest BCUT2D eigenvalue weighted by Crippen LogP contribution is 2.33. The number of hydrogen-bond donors (Lipinski definition) is 1. The van der Waals surface area contributed by atoms with E-state index >= 15 is 0 Å². The van der Waals surface area contributed by atoms with Gasteiger partial charge >= 0.3 is 0 Å². The van der Waals surface area contributed by atoms with Gasteiger partial charge in [0.2, 0.25) is 0 Å². The number of ether oxygens (including phenoxy) is 1. The van der Waals surface area contributed by atoms with Gasteiger partial charge < -0.3 is 4.74 Å². The summed E-state index contributed by atoms with van der Waals surface area (Å²) in [4.78, 5) is 0. The molecule has 0 atom stereocenters. The number of thiol groups is 1. The van der Waals surface area contributed by atoms with Gasteiger partial charge in [-0.1, -0.05) is 34.8 Å². The van der Waals surface area contributed by atoms with Gasteiger partial charge in [-0.25, -0.2) is 0 Å². The molecule has 0 saturated heterocycles. The number of rotatable bonds is 3. The van der Waals surface area contributed by atoms with Crippen molar-refractivity contribution < 1.29 is 4.74 Å². The van der Waals surface area contributed by atoms with Crippen molar-refractivity contribution in [3.8, 4) is 5.75 Å². The lowest BCUT2D eigenvalue weighted by Gasteiger charge is -2.07. The summed E-state index contributed by atoms with van der Waals surface area (Å²) in [5.41, 5.74) is 0. The van der Waals surface area contributed by atoms with Crippen LogP contribution in [0.25, 0.3) is 0 Å². The Labute approximate surface area is 97.3 Å². The first-order valence-corrected chi connectivity index (χ1v) is 5.30. The minimum Gasteiger partial charge on any atom is -0.491 e. The molecule has 0 fully saturated rings. The zero-order valence-corrected chi connectivity index (χ0v) is 9.72. The summed E-state index contributed by atoms with van der Waals surface area (Å²) < 4.78 is 5.27. The number of benzene rings is 1. The Balaban J connectivity index is 2.88. The summed E-state index contributed by atoms with van der Waals surface area (Å²) in [7, 11) is 0. The average Bonchev–Trinajstić information content (AvgIpc) is 2.09. The van der Waals surface area contributed by atoms with Crippen molar-refractivity contribution >= 4 is 47.4 Å². The van der Waals surface area contributed by atoms with Gasteiger partial charge in [0.05, 0.1) is 21.7 Å². The average molecular weight is 258 g/mol. The topological polar surface area (TPSA) is 9.23 Å². The summed E-state index contributed by atoms with van der Waals surface area (Å²) in [6.45, 7) is 0.487. The maximum atomic E-state index is 5.84. The van der Waals surface area contributed by atoms with Crippen molar-refractivity contribution in [2.45, 2.75) is 0 Å². The van der Waals surface area contributed by atoms with Crippen LogP contribution in [0.3, 0.4) is 0 Å². The van der Waals surface area contributed by atoms with Crippen molar-refractivity contribution in [3.63, 3.8) is 0 Å². The third-order valence-electron chi connectivity index (χ3n) is 1.32. The van der Waals surface area contributed by atoms with E-state index < -0.39 is 0 Å². The van der Waals surface area contributed by atoms with Crippen LogP contribution in [-0.4, -0.2) is 12.4 Å². The van der Waals surface area contributed by atoms with Gasteiger partial charge in [0, 0.05) is 11.8 Å². The molecule has 0 heterocycles. The van der Waals surface area contributed by atoms with E-state index in [0.717, 1.165) is 0 Å². The van der Waals surface area contributed by atoms with E-state index in [9.17, 15) is 0 Å². The highest BCUT2D eigenvalue weighted by atomic mass is 35.5. The predicted octanol–water partition coefficient (Wildman–Crippen LogP) is 3.96. The highest BCUT2D eigenvalue weighted by molar-refractivity contribution is 7.80. The lowest BCUT2D eigenvalue weighted by molar-refractivity contribution is 0.344. The van der Waals surface area contributed by atoms with Crippen molar-refractivity contribution in [1.82, 2.24) is 0 Å². The van der Waals surface area contributed by atoms with Gasteiger partial charge in [-0.2, -0.15) is 12.6 Å². The second kappa shape index (κ2) is 5.20. The zero-order chi connectivity index (χ0) is 9.84. The van der Waals surface area contributed by atoms with Crippen LogP contribution in [-0.2, 0) is 0 Å². The van der Waals surface area contributed by atoms with Gasteiger partial charge in [0.25, 0.3) is 0 Å². The summed E-state index contributed by atoms with van der Waals surface area (Å²) in [5.74, 6) is 1.15. The molecule has 1 aromatic rings. The van der Waals surface area contributed by atoms with E-state index in [1.165, 1.54) is 0 Å². The highest BCUT2D eigenvalue weighted by Gasteiger charge is 2.06. The molecule has 1 rings (SSSR count). The molecular weight excluding hydrogens is 251 g/mol. The first-order valence-electron chi connectivity index (χ1n) is 3.53. The van der Waals surface area contributed by atoms with Crippen molar-refractivity contribution in [2.24, 2.45) is 0 Å². The molecular formula is C8H7Cl3OS. The van der Waals surface area contributed by atoms with E-state index in [-0.39, 0.29) is 0 Å². The van der Waals surface area contributed by atoms with Crippen LogP contribution >= 0.6 is 47.4 Å². The zero-order valence-electron chi connectivity index (χ0n) is 6.56. The Bertz CT molecular complexity index is 304. The number of hydrogen-bond acceptors (Lipinski definition) is 2. The van der Waals surface area contributed by atoms with E-state index in [2.05, 4.69) is 12.6 Å². The Morgan fingerprint density at radius 2 is 1.69 bits per heavy atom. The molecule has 0 aliphatic carbocycles. The third-order valence-corrected chi connectivity index (χ3v) is 2.52. The molecule has 1 aromatic carbocycles.